The third kappa shape index (κ3) is 4.15. The zero-order valence-corrected chi connectivity index (χ0v) is 18.1. The highest BCUT2D eigenvalue weighted by Gasteiger charge is 2.51. The second-order valence-electron chi connectivity index (χ2n) is 10.3. The lowest BCUT2D eigenvalue weighted by Crippen LogP contribution is -2.60. The van der Waals surface area contributed by atoms with Gasteiger partial charge in [0.25, 0.3) is 0 Å². The first-order valence-corrected chi connectivity index (χ1v) is 11.7. The summed E-state index contributed by atoms with van der Waals surface area (Å²) in [6, 6.07) is 18.8. The molecule has 2 aromatic rings. The molecule has 2 heteroatoms. The Morgan fingerprint density at radius 1 is 0.828 bits per heavy atom. The molecule has 0 radical (unpaired) electrons. The van der Waals surface area contributed by atoms with Crippen LogP contribution in [0.1, 0.15) is 60.8 Å². The molecule has 5 atom stereocenters. The van der Waals surface area contributed by atoms with E-state index in [1.807, 2.05) is 0 Å². The smallest absolute Gasteiger partial charge is 0.0210 e. The Morgan fingerprint density at radius 2 is 1.48 bits per heavy atom. The number of nitrogens with one attached hydrogen (secondary N) is 2. The van der Waals surface area contributed by atoms with Gasteiger partial charge in [-0.05, 0) is 81.3 Å². The number of hydrogen-bond acceptors (Lipinski definition) is 2. The molecule has 3 saturated carbocycles. The van der Waals surface area contributed by atoms with Crippen LogP contribution < -0.4 is 10.6 Å². The molecule has 5 rings (SSSR count). The first-order chi connectivity index (χ1) is 14.1. The van der Waals surface area contributed by atoms with E-state index in [0.717, 1.165) is 36.9 Å². The minimum atomic E-state index is 0.400. The van der Waals surface area contributed by atoms with Crippen molar-refractivity contribution in [2.75, 3.05) is 0 Å². The lowest BCUT2D eigenvalue weighted by Gasteiger charge is -2.58. The van der Waals surface area contributed by atoms with Gasteiger partial charge in [0.2, 0.25) is 0 Å². The van der Waals surface area contributed by atoms with Gasteiger partial charge in [0.15, 0.2) is 0 Å². The fraction of sp³-hybridized carbons (Fsp3) is 0.556. The minimum Gasteiger partial charge on any atom is -0.310 e. The quantitative estimate of drug-likeness (QED) is 0.681. The van der Waals surface area contributed by atoms with E-state index in [-0.39, 0.29) is 0 Å². The van der Waals surface area contributed by atoms with Gasteiger partial charge in [-0.15, -0.1) is 0 Å². The highest BCUT2D eigenvalue weighted by Crippen LogP contribution is 2.54. The SMILES string of the molecule is Cc1ccc(CNC2CC3CC4CC(NCc5ccc(C)cc5)(CCC42)C3)cc1. The fourth-order valence-corrected chi connectivity index (χ4v) is 6.60. The normalized spacial score (nSPS) is 33.0. The molecule has 0 amide bonds. The average Bonchev–Trinajstić information content (AvgIpc) is 2.71. The highest BCUT2D eigenvalue weighted by atomic mass is 15.0. The zero-order valence-electron chi connectivity index (χ0n) is 18.1. The molecular formula is C27H36N2. The largest absolute Gasteiger partial charge is 0.310 e. The van der Waals surface area contributed by atoms with Crippen LogP contribution in [0.3, 0.4) is 0 Å². The zero-order chi connectivity index (χ0) is 19.8. The van der Waals surface area contributed by atoms with Crippen molar-refractivity contribution in [3.05, 3.63) is 70.8 Å². The predicted molar refractivity (Wildman–Crippen MR) is 121 cm³/mol. The monoisotopic (exact) mass is 388 g/mol. The molecule has 29 heavy (non-hydrogen) atoms. The minimum absolute atomic E-state index is 0.400. The molecule has 0 aromatic heterocycles. The van der Waals surface area contributed by atoms with E-state index in [4.69, 9.17) is 0 Å². The van der Waals surface area contributed by atoms with E-state index in [9.17, 15) is 0 Å². The molecule has 0 saturated heterocycles. The Bertz CT molecular complexity index is 821. The molecule has 3 aliphatic carbocycles. The number of rotatable bonds is 6. The number of fused-ring (bicyclic) bond motifs is 2. The number of hydrogen-bond donors (Lipinski definition) is 2. The van der Waals surface area contributed by atoms with Crippen LogP contribution in [0.4, 0.5) is 0 Å². The molecule has 154 valence electrons. The van der Waals surface area contributed by atoms with Crippen LogP contribution in [-0.4, -0.2) is 11.6 Å². The van der Waals surface area contributed by atoms with Crippen LogP contribution in [0.15, 0.2) is 48.5 Å². The Balaban J connectivity index is 1.21. The summed E-state index contributed by atoms with van der Waals surface area (Å²) in [6.07, 6.45) is 8.37. The van der Waals surface area contributed by atoms with Crippen LogP contribution in [-0.2, 0) is 13.1 Å². The molecule has 2 N–H and O–H groups in total. The van der Waals surface area contributed by atoms with Crippen molar-refractivity contribution in [3.63, 3.8) is 0 Å². The summed E-state index contributed by atoms with van der Waals surface area (Å²) in [5, 5.41) is 8.01. The van der Waals surface area contributed by atoms with Crippen LogP contribution >= 0.6 is 0 Å². The van der Waals surface area contributed by atoms with Crippen LogP contribution in [0.2, 0.25) is 0 Å². The van der Waals surface area contributed by atoms with Crippen molar-refractivity contribution in [3.8, 4) is 0 Å². The van der Waals surface area contributed by atoms with Gasteiger partial charge in [-0.3, -0.25) is 0 Å². The lowest BCUT2D eigenvalue weighted by molar-refractivity contribution is -0.0251. The van der Waals surface area contributed by atoms with Crippen LogP contribution in [0.25, 0.3) is 0 Å². The summed E-state index contributed by atoms with van der Waals surface area (Å²) in [7, 11) is 0. The maximum atomic E-state index is 4.04. The van der Waals surface area contributed by atoms with Gasteiger partial charge in [-0.2, -0.15) is 0 Å². The summed E-state index contributed by atoms with van der Waals surface area (Å²) in [6.45, 7) is 6.39. The van der Waals surface area contributed by atoms with Crippen molar-refractivity contribution in [2.24, 2.45) is 17.8 Å². The van der Waals surface area contributed by atoms with Crippen molar-refractivity contribution < 1.29 is 0 Å². The summed E-state index contributed by atoms with van der Waals surface area (Å²) in [5.41, 5.74) is 5.96. The lowest BCUT2D eigenvalue weighted by atomic mass is 9.53. The summed E-state index contributed by atoms with van der Waals surface area (Å²) >= 11 is 0. The third-order valence-corrected chi connectivity index (χ3v) is 8.11. The molecule has 5 unspecified atom stereocenters. The Labute approximate surface area is 176 Å². The summed E-state index contributed by atoms with van der Waals surface area (Å²) < 4.78 is 0. The molecule has 2 nitrogen and oxygen atoms in total. The fourth-order valence-electron chi connectivity index (χ4n) is 6.60. The average molecular weight is 389 g/mol. The maximum Gasteiger partial charge on any atom is 0.0210 e. The summed E-state index contributed by atoms with van der Waals surface area (Å²) in [4.78, 5) is 0. The molecule has 0 aliphatic heterocycles. The molecule has 3 fully saturated rings. The van der Waals surface area contributed by atoms with Crippen LogP contribution in [0.5, 0.6) is 0 Å². The Kier molecular flexibility index (Phi) is 5.26. The Hall–Kier alpha value is -1.64. The standard InChI is InChI=1S/C27H36N2/c1-19-3-7-21(8-4-19)17-28-26-14-23-13-24-16-27(15-23,12-11-25(24)26)29-18-22-9-5-20(2)6-10-22/h3-10,23-26,28-29H,11-18H2,1-2H3. The maximum absolute atomic E-state index is 4.04. The molecular weight excluding hydrogens is 352 g/mol. The van der Waals surface area contributed by atoms with Gasteiger partial charge in [0, 0.05) is 24.7 Å². The van der Waals surface area contributed by atoms with Crippen molar-refractivity contribution in [1.82, 2.24) is 10.6 Å². The van der Waals surface area contributed by atoms with Gasteiger partial charge in [0.1, 0.15) is 0 Å². The van der Waals surface area contributed by atoms with Crippen molar-refractivity contribution >= 4 is 0 Å². The molecule has 0 spiro atoms. The third-order valence-electron chi connectivity index (χ3n) is 8.11. The van der Waals surface area contributed by atoms with Gasteiger partial charge in [-0.25, -0.2) is 0 Å². The highest BCUT2D eigenvalue weighted by molar-refractivity contribution is 5.22. The molecule has 3 aliphatic rings. The Morgan fingerprint density at radius 3 is 2.17 bits per heavy atom. The van der Waals surface area contributed by atoms with E-state index in [2.05, 4.69) is 73.0 Å². The van der Waals surface area contributed by atoms with E-state index in [0.29, 0.717) is 5.54 Å². The van der Waals surface area contributed by atoms with Gasteiger partial charge in [-0.1, -0.05) is 59.7 Å². The van der Waals surface area contributed by atoms with E-state index < -0.39 is 0 Å². The topological polar surface area (TPSA) is 24.1 Å². The molecule has 3 bridgehead atoms. The molecule has 2 aromatic carbocycles. The van der Waals surface area contributed by atoms with E-state index in [1.165, 1.54) is 60.8 Å². The van der Waals surface area contributed by atoms with Crippen molar-refractivity contribution in [2.45, 2.75) is 77.0 Å². The molecule has 0 heterocycles. The van der Waals surface area contributed by atoms with Gasteiger partial charge in [0.05, 0.1) is 0 Å². The van der Waals surface area contributed by atoms with E-state index >= 15 is 0 Å². The summed E-state index contributed by atoms with van der Waals surface area (Å²) in [5.74, 6) is 2.69. The second-order valence-corrected chi connectivity index (χ2v) is 10.3. The number of benzene rings is 2. The van der Waals surface area contributed by atoms with Crippen molar-refractivity contribution in [1.29, 1.82) is 0 Å². The van der Waals surface area contributed by atoms with Gasteiger partial charge >= 0.3 is 0 Å². The second kappa shape index (κ2) is 7.89. The predicted octanol–water partition coefficient (Wildman–Crippen LogP) is 5.52. The van der Waals surface area contributed by atoms with Gasteiger partial charge < -0.3 is 10.6 Å². The van der Waals surface area contributed by atoms with Crippen LogP contribution in [0, 0.1) is 31.6 Å². The first kappa shape index (κ1) is 19.3. The van der Waals surface area contributed by atoms with E-state index in [1.54, 1.807) is 0 Å². The first-order valence-electron chi connectivity index (χ1n) is 11.7. The number of aryl methyl sites for hydroxylation is 2.